The molecule has 2 nitrogen and oxygen atoms in total. The second kappa shape index (κ2) is 9.12. The fourth-order valence-electron chi connectivity index (χ4n) is 2.79. The SMILES string of the molecule is C\C(=C/C=C/C(C)=C1\OC(c2ccccc2)=CS1)c1[o+]c(-c2ccccc2)cs1. The van der Waals surface area contributed by atoms with Crippen LogP contribution in [0.25, 0.3) is 22.7 Å². The quantitative estimate of drug-likeness (QED) is 0.308. The van der Waals surface area contributed by atoms with Crippen molar-refractivity contribution in [1.29, 1.82) is 0 Å². The minimum atomic E-state index is 0.899. The van der Waals surface area contributed by atoms with E-state index in [0.29, 0.717) is 0 Å². The van der Waals surface area contributed by atoms with Crippen LogP contribution < -0.4 is 0 Å². The van der Waals surface area contributed by atoms with Crippen molar-refractivity contribution in [1.82, 2.24) is 0 Å². The van der Waals surface area contributed by atoms with E-state index in [9.17, 15) is 0 Å². The van der Waals surface area contributed by atoms with Gasteiger partial charge in [0.2, 0.25) is 0 Å². The summed E-state index contributed by atoms with van der Waals surface area (Å²) in [7, 11) is 0. The average Bonchev–Trinajstić information content (AvgIpc) is 3.45. The Kier molecular flexibility index (Phi) is 6.13. The van der Waals surface area contributed by atoms with Crippen molar-refractivity contribution in [2.45, 2.75) is 13.8 Å². The molecule has 0 aliphatic carbocycles. The van der Waals surface area contributed by atoms with E-state index in [1.807, 2.05) is 42.5 Å². The third-order valence-corrected chi connectivity index (χ3v) is 6.31. The average molecular weight is 418 g/mol. The zero-order valence-corrected chi connectivity index (χ0v) is 17.9. The molecule has 144 valence electrons. The first-order chi connectivity index (χ1) is 14.2. The Hall–Kier alpha value is -2.82. The van der Waals surface area contributed by atoms with Crippen LogP contribution in [-0.4, -0.2) is 0 Å². The van der Waals surface area contributed by atoms with Gasteiger partial charge in [0.1, 0.15) is 11.1 Å². The van der Waals surface area contributed by atoms with Crippen molar-refractivity contribution in [3.63, 3.8) is 0 Å². The van der Waals surface area contributed by atoms with Gasteiger partial charge < -0.3 is 4.74 Å². The van der Waals surface area contributed by atoms with E-state index in [0.717, 1.165) is 44.0 Å². The highest BCUT2D eigenvalue weighted by Gasteiger charge is 2.20. The van der Waals surface area contributed by atoms with Gasteiger partial charge in [-0.3, -0.25) is 0 Å². The van der Waals surface area contributed by atoms with Crippen molar-refractivity contribution in [3.8, 4) is 11.3 Å². The molecule has 0 spiro atoms. The molecule has 0 bridgehead atoms. The Labute approximate surface area is 179 Å². The molecule has 0 atom stereocenters. The van der Waals surface area contributed by atoms with Crippen LogP contribution in [-0.2, 0) is 4.74 Å². The Balaban J connectivity index is 1.42. The summed E-state index contributed by atoms with van der Waals surface area (Å²) in [5.74, 6) is 1.80. The fourth-order valence-corrected chi connectivity index (χ4v) is 4.37. The molecule has 1 aliphatic rings. The molecule has 0 saturated carbocycles. The first kappa shape index (κ1) is 19.5. The second-order valence-electron chi connectivity index (χ2n) is 6.60. The predicted octanol–water partition coefficient (Wildman–Crippen LogP) is 8.24. The van der Waals surface area contributed by atoms with E-state index >= 15 is 0 Å². The van der Waals surface area contributed by atoms with Gasteiger partial charge in [0.25, 0.3) is 0 Å². The highest BCUT2D eigenvalue weighted by Crippen LogP contribution is 2.38. The zero-order valence-electron chi connectivity index (χ0n) is 16.3. The van der Waals surface area contributed by atoms with Crippen molar-refractivity contribution >= 4 is 34.4 Å². The summed E-state index contributed by atoms with van der Waals surface area (Å²) in [6.07, 6.45) is 6.18. The summed E-state index contributed by atoms with van der Waals surface area (Å²) in [5.41, 5.74) is 4.37. The van der Waals surface area contributed by atoms with Crippen LogP contribution in [0.5, 0.6) is 0 Å². The molecular formula is C25H21O2S2+. The maximum Gasteiger partial charge on any atom is 0.413 e. The molecule has 0 radical (unpaired) electrons. The van der Waals surface area contributed by atoms with Crippen LogP contribution in [0.1, 0.15) is 24.5 Å². The van der Waals surface area contributed by atoms with E-state index in [-0.39, 0.29) is 0 Å². The Morgan fingerprint density at radius 3 is 2.34 bits per heavy atom. The number of thioether (sulfide) groups is 1. The highest BCUT2D eigenvalue weighted by molar-refractivity contribution is 8.06. The number of hydrogen-bond acceptors (Lipinski definition) is 3. The maximum absolute atomic E-state index is 6.02. The lowest BCUT2D eigenvalue weighted by Gasteiger charge is -2.05. The molecule has 4 heteroatoms. The number of allylic oxidation sites excluding steroid dienone is 5. The maximum atomic E-state index is 6.02. The molecule has 1 aliphatic heterocycles. The fraction of sp³-hybridized carbons (Fsp3) is 0.0800. The van der Waals surface area contributed by atoms with Gasteiger partial charge in [-0.1, -0.05) is 72.4 Å². The lowest BCUT2D eigenvalue weighted by atomic mass is 10.2. The summed E-state index contributed by atoms with van der Waals surface area (Å²) in [6, 6.07) is 20.3. The van der Waals surface area contributed by atoms with Crippen LogP contribution in [0.2, 0.25) is 0 Å². The second-order valence-corrected chi connectivity index (χ2v) is 8.29. The molecule has 0 saturated heterocycles. The van der Waals surface area contributed by atoms with E-state index < -0.39 is 0 Å². The topological polar surface area (TPSA) is 20.5 Å². The van der Waals surface area contributed by atoms with Crippen molar-refractivity contribution in [2.75, 3.05) is 0 Å². The minimum Gasteiger partial charge on any atom is -0.449 e. The largest absolute Gasteiger partial charge is 0.449 e. The summed E-state index contributed by atoms with van der Waals surface area (Å²) < 4.78 is 12.0. The van der Waals surface area contributed by atoms with Crippen molar-refractivity contribution < 1.29 is 9.15 Å². The molecule has 0 fully saturated rings. The molecule has 0 N–H and O–H groups in total. The lowest BCUT2D eigenvalue weighted by molar-refractivity contribution is 0.425. The van der Waals surface area contributed by atoms with Crippen molar-refractivity contribution in [2.24, 2.45) is 0 Å². The first-order valence-corrected chi connectivity index (χ1v) is 11.1. The molecule has 0 unspecified atom stereocenters. The first-order valence-electron chi connectivity index (χ1n) is 9.34. The van der Waals surface area contributed by atoms with Gasteiger partial charge in [-0.25, -0.2) is 0 Å². The predicted molar refractivity (Wildman–Crippen MR) is 125 cm³/mol. The van der Waals surface area contributed by atoms with E-state index in [2.05, 4.69) is 61.1 Å². The highest BCUT2D eigenvalue weighted by atomic mass is 32.2. The van der Waals surface area contributed by atoms with Gasteiger partial charge in [0.05, 0.1) is 11.1 Å². The number of ether oxygens (including phenoxy) is 1. The Morgan fingerprint density at radius 2 is 1.62 bits per heavy atom. The molecule has 2 aromatic carbocycles. The van der Waals surface area contributed by atoms with Gasteiger partial charge in [0, 0.05) is 11.0 Å². The smallest absolute Gasteiger partial charge is 0.413 e. The van der Waals surface area contributed by atoms with Gasteiger partial charge in [-0.15, -0.1) is 0 Å². The molecule has 0 amide bonds. The van der Waals surface area contributed by atoms with Crippen LogP contribution in [0.3, 0.4) is 0 Å². The molecule has 2 heterocycles. The standard InChI is InChI=1S/C25H21O2S2/c1-18(24-26-22(16-28-24)20-12-5-3-6-13-20)10-9-11-19(2)25-27-23(17-29-25)21-14-7-4-8-15-21/h3-17H,1-2H3/q+1. The molecule has 29 heavy (non-hydrogen) atoms. The molecule has 1 aromatic heterocycles. The lowest BCUT2D eigenvalue weighted by Crippen LogP contribution is -1.86. The monoisotopic (exact) mass is 417 g/mol. The van der Waals surface area contributed by atoms with Crippen LogP contribution in [0.15, 0.2) is 105 Å². The molecule has 3 aromatic rings. The normalized spacial score (nSPS) is 16.1. The summed E-state index contributed by atoms with van der Waals surface area (Å²) in [5, 5.41) is 5.94. The Bertz CT molecular complexity index is 1100. The van der Waals surface area contributed by atoms with E-state index in [1.54, 1.807) is 23.1 Å². The van der Waals surface area contributed by atoms with Gasteiger partial charge in [-0.05, 0) is 49.0 Å². The van der Waals surface area contributed by atoms with Gasteiger partial charge in [0.15, 0.2) is 5.09 Å². The zero-order chi connectivity index (χ0) is 20.1. The van der Waals surface area contributed by atoms with Crippen LogP contribution in [0.4, 0.5) is 0 Å². The van der Waals surface area contributed by atoms with Crippen LogP contribution in [0, 0.1) is 0 Å². The summed E-state index contributed by atoms with van der Waals surface area (Å²) >= 11 is 3.23. The van der Waals surface area contributed by atoms with Gasteiger partial charge in [-0.2, -0.15) is 4.42 Å². The molecular weight excluding hydrogens is 396 g/mol. The summed E-state index contributed by atoms with van der Waals surface area (Å²) in [4.78, 5) is 0. The number of benzene rings is 2. The van der Waals surface area contributed by atoms with E-state index in [4.69, 9.17) is 9.15 Å². The summed E-state index contributed by atoms with van der Waals surface area (Å²) in [6.45, 7) is 4.12. The molecule has 4 rings (SSSR count). The third kappa shape index (κ3) is 4.78. The minimum absolute atomic E-state index is 0.899. The van der Waals surface area contributed by atoms with Crippen molar-refractivity contribution in [3.05, 3.63) is 111 Å². The van der Waals surface area contributed by atoms with E-state index in [1.165, 1.54) is 0 Å². The number of rotatable bonds is 5. The number of hydrogen-bond donors (Lipinski definition) is 0. The third-order valence-electron chi connectivity index (χ3n) is 4.40. The van der Waals surface area contributed by atoms with Gasteiger partial charge >= 0.3 is 10.8 Å². The van der Waals surface area contributed by atoms with Crippen LogP contribution >= 0.6 is 23.1 Å². The Morgan fingerprint density at radius 1 is 0.931 bits per heavy atom.